The number of ether oxygens (including phenoxy) is 1. The number of carbonyl (C=O) groups excluding carboxylic acids is 1. The SMILES string of the molecule is Cc1ccccc1NC(=O)NN=Cc1cc(Br)c(OCc2ccccc2F)c(Br)c1. The molecule has 0 aromatic heterocycles. The fourth-order valence-electron chi connectivity index (χ4n) is 2.59. The van der Waals surface area contributed by atoms with Gasteiger partial charge in [0.05, 0.1) is 15.2 Å². The van der Waals surface area contributed by atoms with Crippen LogP contribution in [-0.2, 0) is 6.61 Å². The zero-order chi connectivity index (χ0) is 21.5. The Morgan fingerprint density at radius 1 is 1.10 bits per heavy atom. The molecular formula is C22H18Br2FN3O2. The van der Waals surface area contributed by atoms with E-state index in [1.54, 1.807) is 30.3 Å². The Labute approximate surface area is 190 Å². The lowest BCUT2D eigenvalue weighted by Crippen LogP contribution is -2.24. The van der Waals surface area contributed by atoms with Crippen molar-refractivity contribution in [2.45, 2.75) is 13.5 Å². The van der Waals surface area contributed by atoms with Gasteiger partial charge < -0.3 is 10.1 Å². The molecule has 154 valence electrons. The first-order valence-corrected chi connectivity index (χ1v) is 10.5. The van der Waals surface area contributed by atoms with Crippen LogP contribution in [0.3, 0.4) is 0 Å². The summed E-state index contributed by atoms with van der Waals surface area (Å²) >= 11 is 6.91. The predicted octanol–water partition coefficient (Wildman–Crippen LogP) is 6.39. The van der Waals surface area contributed by atoms with Crippen LogP contribution in [-0.4, -0.2) is 12.2 Å². The standard InChI is InChI=1S/C22H18Br2FN3O2/c1-14-6-2-5-9-20(14)27-22(29)28-26-12-15-10-17(23)21(18(24)11-15)30-13-16-7-3-4-8-19(16)25/h2-12H,13H2,1H3,(H2,27,28,29). The molecule has 0 saturated heterocycles. The third-order valence-corrected chi connectivity index (χ3v) is 5.30. The number of benzene rings is 3. The molecule has 0 bridgehead atoms. The van der Waals surface area contributed by atoms with Gasteiger partial charge in [0.15, 0.2) is 0 Å². The number of anilines is 1. The van der Waals surface area contributed by atoms with Crippen molar-refractivity contribution in [2.24, 2.45) is 5.10 Å². The number of aryl methyl sites for hydroxylation is 1. The molecule has 0 spiro atoms. The van der Waals surface area contributed by atoms with E-state index in [2.05, 4.69) is 47.7 Å². The number of hydrogen-bond acceptors (Lipinski definition) is 3. The quantitative estimate of drug-likeness (QED) is 0.284. The molecule has 0 aliphatic heterocycles. The van der Waals surface area contributed by atoms with E-state index in [1.807, 2.05) is 31.2 Å². The van der Waals surface area contributed by atoms with Crippen LogP contribution in [0.1, 0.15) is 16.7 Å². The van der Waals surface area contributed by atoms with E-state index >= 15 is 0 Å². The van der Waals surface area contributed by atoms with Crippen LogP contribution in [0.5, 0.6) is 5.75 Å². The lowest BCUT2D eigenvalue weighted by Gasteiger charge is -2.12. The number of urea groups is 1. The van der Waals surface area contributed by atoms with Crippen LogP contribution >= 0.6 is 31.9 Å². The molecule has 0 aliphatic rings. The molecule has 0 saturated carbocycles. The summed E-state index contributed by atoms with van der Waals surface area (Å²) in [4.78, 5) is 12.0. The molecule has 0 heterocycles. The van der Waals surface area contributed by atoms with E-state index in [0.717, 1.165) is 11.1 Å². The molecular weight excluding hydrogens is 517 g/mol. The Balaban J connectivity index is 1.61. The highest BCUT2D eigenvalue weighted by Gasteiger charge is 2.10. The largest absolute Gasteiger partial charge is 0.486 e. The van der Waals surface area contributed by atoms with E-state index in [4.69, 9.17) is 4.74 Å². The number of para-hydroxylation sites is 1. The molecule has 3 aromatic carbocycles. The summed E-state index contributed by atoms with van der Waals surface area (Å²) in [7, 11) is 0. The van der Waals surface area contributed by atoms with Crippen molar-refractivity contribution < 1.29 is 13.9 Å². The molecule has 3 aromatic rings. The normalized spacial score (nSPS) is 10.8. The first-order valence-electron chi connectivity index (χ1n) is 8.95. The van der Waals surface area contributed by atoms with E-state index in [9.17, 15) is 9.18 Å². The van der Waals surface area contributed by atoms with Crippen molar-refractivity contribution in [2.75, 3.05) is 5.32 Å². The number of carbonyl (C=O) groups is 1. The van der Waals surface area contributed by atoms with Crippen LogP contribution in [0.4, 0.5) is 14.9 Å². The summed E-state index contributed by atoms with van der Waals surface area (Å²) < 4.78 is 20.8. The number of nitrogens with one attached hydrogen (secondary N) is 2. The van der Waals surface area contributed by atoms with Gasteiger partial charge in [-0.05, 0) is 74.2 Å². The highest BCUT2D eigenvalue weighted by atomic mass is 79.9. The maximum Gasteiger partial charge on any atom is 0.339 e. The maximum absolute atomic E-state index is 13.8. The van der Waals surface area contributed by atoms with Crippen molar-refractivity contribution >= 4 is 49.8 Å². The molecule has 5 nitrogen and oxygen atoms in total. The lowest BCUT2D eigenvalue weighted by atomic mass is 10.2. The third-order valence-electron chi connectivity index (χ3n) is 4.12. The van der Waals surface area contributed by atoms with Crippen LogP contribution in [0.25, 0.3) is 0 Å². The summed E-state index contributed by atoms with van der Waals surface area (Å²) in [5.74, 6) is 0.226. The Kier molecular flexibility index (Phi) is 7.59. The molecule has 0 fully saturated rings. The van der Waals surface area contributed by atoms with Gasteiger partial charge in [0, 0.05) is 11.3 Å². The van der Waals surface area contributed by atoms with Gasteiger partial charge >= 0.3 is 6.03 Å². The molecule has 3 rings (SSSR count). The number of halogens is 3. The summed E-state index contributed by atoms with van der Waals surface area (Å²) in [6, 6.07) is 17.0. The van der Waals surface area contributed by atoms with Gasteiger partial charge in [0.25, 0.3) is 0 Å². The average molecular weight is 535 g/mol. The smallest absolute Gasteiger partial charge is 0.339 e. The molecule has 30 heavy (non-hydrogen) atoms. The molecule has 0 radical (unpaired) electrons. The van der Waals surface area contributed by atoms with Crippen LogP contribution in [0, 0.1) is 12.7 Å². The number of hydrogen-bond donors (Lipinski definition) is 2. The van der Waals surface area contributed by atoms with E-state index in [-0.39, 0.29) is 12.4 Å². The first-order chi connectivity index (χ1) is 14.4. The Morgan fingerprint density at radius 3 is 2.47 bits per heavy atom. The molecule has 2 N–H and O–H groups in total. The topological polar surface area (TPSA) is 62.7 Å². The van der Waals surface area contributed by atoms with Gasteiger partial charge in [-0.15, -0.1) is 0 Å². The van der Waals surface area contributed by atoms with Gasteiger partial charge in [-0.1, -0.05) is 36.4 Å². The van der Waals surface area contributed by atoms with Gasteiger partial charge in [-0.3, -0.25) is 0 Å². The van der Waals surface area contributed by atoms with Gasteiger partial charge in [0.1, 0.15) is 18.2 Å². The van der Waals surface area contributed by atoms with Gasteiger partial charge in [-0.25, -0.2) is 14.6 Å². The van der Waals surface area contributed by atoms with Crippen molar-refractivity contribution in [1.82, 2.24) is 5.43 Å². The van der Waals surface area contributed by atoms with Crippen molar-refractivity contribution in [3.8, 4) is 5.75 Å². The fourth-order valence-corrected chi connectivity index (χ4v) is 4.04. The number of amides is 2. The van der Waals surface area contributed by atoms with Gasteiger partial charge in [0.2, 0.25) is 0 Å². The fraction of sp³-hybridized carbons (Fsp3) is 0.0909. The minimum Gasteiger partial charge on any atom is -0.486 e. The number of nitrogens with zero attached hydrogens (tertiary/aromatic N) is 1. The second kappa shape index (κ2) is 10.4. The molecule has 2 amide bonds. The summed E-state index contributed by atoms with van der Waals surface area (Å²) in [5.41, 5.74) is 5.29. The van der Waals surface area contributed by atoms with Crippen LogP contribution < -0.4 is 15.5 Å². The molecule has 8 heteroatoms. The monoisotopic (exact) mass is 533 g/mol. The first kappa shape index (κ1) is 22.0. The molecule has 0 atom stereocenters. The zero-order valence-corrected chi connectivity index (χ0v) is 19.1. The van der Waals surface area contributed by atoms with Crippen molar-refractivity contribution in [3.05, 3.63) is 92.1 Å². The van der Waals surface area contributed by atoms with E-state index in [0.29, 0.717) is 25.9 Å². The number of rotatable bonds is 6. The second-order valence-electron chi connectivity index (χ2n) is 6.33. The Hall–Kier alpha value is -2.71. The summed E-state index contributed by atoms with van der Waals surface area (Å²) in [6.07, 6.45) is 1.51. The molecule has 0 aliphatic carbocycles. The molecule has 0 unspecified atom stereocenters. The van der Waals surface area contributed by atoms with Crippen LogP contribution in [0.15, 0.2) is 74.7 Å². The minimum atomic E-state index is -0.441. The lowest BCUT2D eigenvalue weighted by molar-refractivity contribution is 0.252. The van der Waals surface area contributed by atoms with Crippen LogP contribution in [0.2, 0.25) is 0 Å². The van der Waals surface area contributed by atoms with Crippen molar-refractivity contribution in [1.29, 1.82) is 0 Å². The van der Waals surface area contributed by atoms with E-state index in [1.165, 1.54) is 12.3 Å². The number of hydrazone groups is 1. The predicted molar refractivity (Wildman–Crippen MR) is 124 cm³/mol. The third kappa shape index (κ3) is 5.90. The Morgan fingerprint density at radius 2 is 1.77 bits per heavy atom. The summed E-state index contributed by atoms with van der Waals surface area (Å²) in [6.45, 7) is 2.00. The maximum atomic E-state index is 13.8. The average Bonchev–Trinajstić information content (AvgIpc) is 2.70. The highest BCUT2D eigenvalue weighted by Crippen LogP contribution is 2.35. The van der Waals surface area contributed by atoms with Gasteiger partial charge in [-0.2, -0.15) is 5.10 Å². The second-order valence-corrected chi connectivity index (χ2v) is 8.04. The van der Waals surface area contributed by atoms with Crippen molar-refractivity contribution in [3.63, 3.8) is 0 Å². The zero-order valence-electron chi connectivity index (χ0n) is 16.0. The highest BCUT2D eigenvalue weighted by molar-refractivity contribution is 9.11. The summed E-state index contributed by atoms with van der Waals surface area (Å²) in [5, 5.41) is 6.70. The van der Waals surface area contributed by atoms with E-state index < -0.39 is 6.03 Å². The Bertz CT molecular complexity index is 1070. The minimum absolute atomic E-state index is 0.0952.